The molecule has 0 aromatic heterocycles. The van der Waals surface area contributed by atoms with E-state index in [-0.39, 0.29) is 0 Å². The van der Waals surface area contributed by atoms with Gasteiger partial charge in [0.2, 0.25) is 0 Å². The van der Waals surface area contributed by atoms with E-state index >= 15 is 0 Å². The van der Waals surface area contributed by atoms with Crippen LogP contribution in [0.2, 0.25) is 0 Å². The molecule has 2 aromatic rings. The molecule has 19 heavy (non-hydrogen) atoms. The highest BCUT2D eigenvalue weighted by Gasteiger charge is 2.02. The number of benzene rings is 2. The maximum atomic E-state index is 5.69. The number of aryl methyl sites for hydroxylation is 1. The van der Waals surface area contributed by atoms with Crippen LogP contribution < -0.4 is 9.47 Å². The molecular formula is C17H18O2. The predicted molar refractivity (Wildman–Crippen MR) is 78.7 cm³/mol. The van der Waals surface area contributed by atoms with Gasteiger partial charge in [0.1, 0.15) is 6.61 Å². The van der Waals surface area contributed by atoms with Gasteiger partial charge in [0.15, 0.2) is 11.5 Å². The van der Waals surface area contributed by atoms with E-state index in [1.807, 2.05) is 55.5 Å². The second-order valence-electron chi connectivity index (χ2n) is 4.28. The van der Waals surface area contributed by atoms with Gasteiger partial charge in [-0.25, -0.2) is 0 Å². The Labute approximate surface area is 114 Å². The fraction of sp³-hybridized carbons (Fsp3) is 0.176. The summed E-state index contributed by atoms with van der Waals surface area (Å²) in [7, 11) is 1.65. The van der Waals surface area contributed by atoms with Crippen molar-refractivity contribution in [2.45, 2.75) is 6.92 Å². The van der Waals surface area contributed by atoms with E-state index in [0.29, 0.717) is 6.61 Å². The molecule has 0 fully saturated rings. The van der Waals surface area contributed by atoms with Crippen molar-refractivity contribution in [3.05, 3.63) is 65.7 Å². The van der Waals surface area contributed by atoms with Crippen LogP contribution in [0.15, 0.2) is 54.6 Å². The van der Waals surface area contributed by atoms with Crippen molar-refractivity contribution in [1.29, 1.82) is 0 Å². The second kappa shape index (κ2) is 6.64. The summed E-state index contributed by atoms with van der Waals surface area (Å²) >= 11 is 0. The van der Waals surface area contributed by atoms with E-state index in [1.54, 1.807) is 7.11 Å². The molecule has 2 rings (SSSR count). The molecule has 2 heteroatoms. The molecular weight excluding hydrogens is 236 g/mol. The SMILES string of the molecule is COc1cc(C)ccc1OC/C=C/c1ccccc1. The van der Waals surface area contributed by atoms with Gasteiger partial charge >= 0.3 is 0 Å². The van der Waals surface area contributed by atoms with Crippen LogP contribution in [0, 0.1) is 6.92 Å². The Bertz CT molecular complexity index is 544. The highest BCUT2D eigenvalue weighted by molar-refractivity contribution is 5.49. The van der Waals surface area contributed by atoms with E-state index in [4.69, 9.17) is 9.47 Å². The zero-order valence-electron chi connectivity index (χ0n) is 11.3. The van der Waals surface area contributed by atoms with E-state index in [1.165, 1.54) is 5.56 Å². The Kier molecular flexibility index (Phi) is 4.62. The molecule has 0 aliphatic heterocycles. The standard InChI is InChI=1S/C17H18O2/c1-14-10-11-16(17(13-14)18-2)19-12-6-9-15-7-4-3-5-8-15/h3-11,13H,12H2,1-2H3/b9-6+. The van der Waals surface area contributed by atoms with Crippen molar-refractivity contribution in [2.24, 2.45) is 0 Å². The van der Waals surface area contributed by atoms with Crippen molar-refractivity contribution < 1.29 is 9.47 Å². The third kappa shape index (κ3) is 3.88. The number of ether oxygens (including phenoxy) is 2. The fourth-order valence-corrected chi connectivity index (χ4v) is 1.78. The monoisotopic (exact) mass is 254 g/mol. The first kappa shape index (κ1) is 13.2. The number of rotatable bonds is 5. The number of methoxy groups -OCH3 is 1. The van der Waals surface area contributed by atoms with Crippen molar-refractivity contribution in [3.8, 4) is 11.5 Å². The average molecular weight is 254 g/mol. The molecule has 0 radical (unpaired) electrons. The van der Waals surface area contributed by atoms with Gasteiger partial charge in [-0.3, -0.25) is 0 Å². The van der Waals surface area contributed by atoms with Gasteiger partial charge in [-0.2, -0.15) is 0 Å². The lowest BCUT2D eigenvalue weighted by molar-refractivity contribution is 0.326. The van der Waals surface area contributed by atoms with E-state index in [0.717, 1.165) is 17.1 Å². The minimum atomic E-state index is 0.522. The van der Waals surface area contributed by atoms with Crippen LogP contribution in [0.4, 0.5) is 0 Å². The highest BCUT2D eigenvalue weighted by atomic mass is 16.5. The highest BCUT2D eigenvalue weighted by Crippen LogP contribution is 2.27. The summed E-state index contributed by atoms with van der Waals surface area (Å²) in [6.07, 6.45) is 4.04. The normalized spacial score (nSPS) is 10.6. The molecule has 0 bridgehead atoms. The summed E-state index contributed by atoms with van der Waals surface area (Å²) < 4.78 is 11.0. The summed E-state index contributed by atoms with van der Waals surface area (Å²) in [5.74, 6) is 1.54. The number of hydrogen-bond donors (Lipinski definition) is 0. The summed E-state index contributed by atoms with van der Waals surface area (Å²) in [6, 6.07) is 16.1. The maximum Gasteiger partial charge on any atom is 0.161 e. The lowest BCUT2D eigenvalue weighted by Crippen LogP contribution is -1.96. The lowest BCUT2D eigenvalue weighted by Gasteiger charge is -2.09. The third-order valence-electron chi connectivity index (χ3n) is 2.76. The van der Waals surface area contributed by atoms with Gasteiger partial charge < -0.3 is 9.47 Å². The van der Waals surface area contributed by atoms with Crippen LogP contribution >= 0.6 is 0 Å². The smallest absolute Gasteiger partial charge is 0.161 e. The maximum absolute atomic E-state index is 5.69. The van der Waals surface area contributed by atoms with E-state index in [9.17, 15) is 0 Å². The van der Waals surface area contributed by atoms with E-state index < -0.39 is 0 Å². The van der Waals surface area contributed by atoms with Crippen LogP contribution in [0.25, 0.3) is 6.08 Å². The van der Waals surface area contributed by atoms with Gasteiger partial charge in [-0.1, -0.05) is 42.5 Å². The summed E-state index contributed by atoms with van der Waals surface area (Å²) in [5, 5.41) is 0. The molecule has 0 atom stereocenters. The molecule has 0 amide bonds. The van der Waals surface area contributed by atoms with Crippen molar-refractivity contribution in [3.63, 3.8) is 0 Å². The average Bonchev–Trinajstić information content (AvgIpc) is 2.46. The molecule has 0 aliphatic carbocycles. The first-order valence-electron chi connectivity index (χ1n) is 6.28. The Hall–Kier alpha value is -2.22. The number of hydrogen-bond acceptors (Lipinski definition) is 2. The Morgan fingerprint density at radius 2 is 1.79 bits per heavy atom. The van der Waals surface area contributed by atoms with Crippen molar-refractivity contribution in [2.75, 3.05) is 13.7 Å². The predicted octanol–water partition coefficient (Wildman–Crippen LogP) is 4.10. The van der Waals surface area contributed by atoms with Crippen LogP contribution in [-0.2, 0) is 0 Å². The summed E-state index contributed by atoms with van der Waals surface area (Å²) in [6.45, 7) is 2.55. The van der Waals surface area contributed by atoms with Crippen molar-refractivity contribution >= 4 is 6.08 Å². The Morgan fingerprint density at radius 1 is 1.00 bits per heavy atom. The molecule has 0 saturated heterocycles. The van der Waals surface area contributed by atoms with Gasteiger partial charge in [-0.15, -0.1) is 0 Å². The Balaban J connectivity index is 1.94. The summed E-state index contributed by atoms with van der Waals surface area (Å²) in [4.78, 5) is 0. The fourth-order valence-electron chi connectivity index (χ4n) is 1.78. The zero-order valence-corrected chi connectivity index (χ0v) is 11.3. The first-order valence-corrected chi connectivity index (χ1v) is 6.28. The van der Waals surface area contributed by atoms with Crippen LogP contribution in [-0.4, -0.2) is 13.7 Å². The van der Waals surface area contributed by atoms with Gasteiger partial charge in [-0.05, 0) is 36.3 Å². The van der Waals surface area contributed by atoms with Crippen LogP contribution in [0.1, 0.15) is 11.1 Å². The molecule has 0 heterocycles. The topological polar surface area (TPSA) is 18.5 Å². The van der Waals surface area contributed by atoms with Gasteiger partial charge in [0.25, 0.3) is 0 Å². The molecule has 0 spiro atoms. The summed E-state index contributed by atoms with van der Waals surface area (Å²) in [5.41, 5.74) is 2.32. The Morgan fingerprint density at radius 3 is 2.53 bits per heavy atom. The van der Waals surface area contributed by atoms with Crippen LogP contribution in [0.3, 0.4) is 0 Å². The molecule has 2 nitrogen and oxygen atoms in total. The minimum absolute atomic E-state index is 0.522. The van der Waals surface area contributed by atoms with E-state index in [2.05, 4.69) is 12.1 Å². The first-order chi connectivity index (χ1) is 9.29. The molecule has 2 aromatic carbocycles. The van der Waals surface area contributed by atoms with Crippen molar-refractivity contribution in [1.82, 2.24) is 0 Å². The van der Waals surface area contributed by atoms with Crippen LogP contribution in [0.5, 0.6) is 11.5 Å². The quantitative estimate of drug-likeness (QED) is 0.800. The molecule has 0 aliphatic rings. The largest absolute Gasteiger partial charge is 0.493 e. The molecule has 0 unspecified atom stereocenters. The molecule has 98 valence electrons. The lowest BCUT2D eigenvalue weighted by atomic mass is 10.2. The zero-order chi connectivity index (χ0) is 13.5. The third-order valence-corrected chi connectivity index (χ3v) is 2.76. The minimum Gasteiger partial charge on any atom is -0.493 e. The molecule has 0 N–H and O–H groups in total. The second-order valence-corrected chi connectivity index (χ2v) is 4.28. The molecule has 0 saturated carbocycles. The van der Waals surface area contributed by atoms with Gasteiger partial charge in [0, 0.05) is 0 Å². The van der Waals surface area contributed by atoms with Gasteiger partial charge in [0.05, 0.1) is 7.11 Å².